The Morgan fingerprint density at radius 2 is 1.65 bits per heavy atom. The quantitative estimate of drug-likeness (QED) is 0.272. The van der Waals surface area contributed by atoms with Crippen molar-refractivity contribution in [3.05, 3.63) is 89.7 Å². The number of benzene rings is 3. The highest BCUT2D eigenvalue weighted by molar-refractivity contribution is 7.99. The number of hydrogen-bond acceptors (Lipinski definition) is 6. The van der Waals surface area contributed by atoms with Crippen LogP contribution in [-0.2, 0) is 17.6 Å². The highest BCUT2D eigenvalue weighted by Crippen LogP contribution is 2.34. The molecule has 3 aromatic carbocycles. The van der Waals surface area contributed by atoms with Crippen molar-refractivity contribution in [1.82, 2.24) is 14.8 Å². The van der Waals surface area contributed by atoms with Crippen LogP contribution in [0.5, 0.6) is 11.5 Å². The smallest absolute Gasteiger partial charge is 0.418 e. The number of hydrogen-bond donors (Lipinski definition) is 1. The lowest BCUT2D eigenvalue weighted by atomic mass is 10.1. The SMILES string of the molecule is COc1ccc(OCc2nnc(SCC(=O)Nc3ccccc3C(F)(F)F)n2-c2ccc(C)cc2)cc1. The number of nitrogens with zero attached hydrogens (tertiary/aromatic N) is 3. The standard InChI is InChI=1S/C26H23F3N4O3S/c1-17-7-9-18(10-8-17)33-23(15-36-20-13-11-19(35-2)12-14-20)31-32-25(33)37-16-24(34)30-22-6-4-3-5-21(22)26(27,28)29/h3-14H,15-16H2,1-2H3,(H,30,34). The zero-order valence-electron chi connectivity index (χ0n) is 20.0. The second kappa shape index (κ2) is 11.4. The number of aryl methyl sites for hydroxylation is 1. The molecule has 0 atom stereocenters. The molecule has 0 aliphatic carbocycles. The Hall–Kier alpha value is -3.99. The molecule has 0 spiro atoms. The molecule has 4 rings (SSSR count). The predicted octanol–water partition coefficient (Wildman–Crippen LogP) is 5.91. The largest absolute Gasteiger partial charge is 0.497 e. The summed E-state index contributed by atoms with van der Waals surface area (Å²) in [7, 11) is 1.58. The van der Waals surface area contributed by atoms with E-state index in [9.17, 15) is 18.0 Å². The molecule has 1 heterocycles. The third kappa shape index (κ3) is 6.62. The topological polar surface area (TPSA) is 78.3 Å². The number of amides is 1. The van der Waals surface area contributed by atoms with Crippen LogP contribution in [-0.4, -0.2) is 33.5 Å². The van der Waals surface area contributed by atoms with E-state index in [-0.39, 0.29) is 18.0 Å². The average molecular weight is 529 g/mol. The van der Waals surface area contributed by atoms with E-state index >= 15 is 0 Å². The first-order valence-corrected chi connectivity index (χ1v) is 12.1. The monoisotopic (exact) mass is 528 g/mol. The zero-order valence-corrected chi connectivity index (χ0v) is 20.8. The van der Waals surface area contributed by atoms with Gasteiger partial charge in [-0.1, -0.05) is 41.6 Å². The van der Waals surface area contributed by atoms with E-state index in [1.807, 2.05) is 31.2 Å². The maximum atomic E-state index is 13.3. The van der Waals surface area contributed by atoms with Crippen molar-refractivity contribution in [2.45, 2.75) is 24.9 Å². The summed E-state index contributed by atoms with van der Waals surface area (Å²) in [5, 5.41) is 11.2. The molecule has 1 N–H and O–H groups in total. The molecule has 0 saturated heterocycles. The van der Waals surface area contributed by atoms with Crippen LogP contribution in [0.2, 0.25) is 0 Å². The Kier molecular flexibility index (Phi) is 8.02. The van der Waals surface area contributed by atoms with E-state index in [4.69, 9.17) is 9.47 Å². The molecule has 0 bridgehead atoms. The molecule has 0 fully saturated rings. The number of aromatic nitrogens is 3. The van der Waals surface area contributed by atoms with Crippen molar-refractivity contribution in [3.63, 3.8) is 0 Å². The highest BCUT2D eigenvalue weighted by Gasteiger charge is 2.33. The van der Waals surface area contributed by atoms with Crippen molar-refractivity contribution in [1.29, 1.82) is 0 Å². The summed E-state index contributed by atoms with van der Waals surface area (Å²) in [6, 6.07) is 19.6. The molecule has 0 radical (unpaired) electrons. The number of anilines is 1. The summed E-state index contributed by atoms with van der Waals surface area (Å²) < 4.78 is 52.6. The van der Waals surface area contributed by atoms with E-state index in [1.165, 1.54) is 18.2 Å². The number of ether oxygens (including phenoxy) is 2. The summed E-state index contributed by atoms with van der Waals surface area (Å²) in [4.78, 5) is 12.5. The normalized spacial score (nSPS) is 11.3. The van der Waals surface area contributed by atoms with Crippen LogP contribution in [0.1, 0.15) is 17.0 Å². The second-order valence-corrected chi connectivity index (χ2v) is 8.86. The predicted molar refractivity (Wildman–Crippen MR) is 134 cm³/mol. The summed E-state index contributed by atoms with van der Waals surface area (Å²) in [6.07, 6.45) is -4.58. The van der Waals surface area contributed by atoms with Crippen molar-refractivity contribution >= 4 is 23.4 Å². The Bertz CT molecular complexity index is 1360. The Labute approximate surface area is 215 Å². The van der Waals surface area contributed by atoms with Gasteiger partial charge in [0.1, 0.15) is 18.1 Å². The van der Waals surface area contributed by atoms with Gasteiger partial charge in [0.05, 0.1) is 24.1 Å². The number of methoxy groups -OCH3 is 1. The number of para-hydroxylation sites is 1. The zero-order chi connectivity index (χ0) is 26.4. The van der Waals surface area contributed by atoms with E-state index in [1.54, 1.807) is 35.9 Å². The van der Waals surface area contributed by atoms with Gasteiger partial charge >= 0.3 is 6.18 Å². The Morgan fingerprint density at radius 1 is 0.973 bits per heavy atom. The maximum Gasteiger partial charge on any atom is 0.418 e. The highest BCUT2D eigenvalue weighted by atomic mass is 32.2. The van der Waals surface area contributed by atoms with E-state index < -0.39 is 17.6 Å². The number of halogens is 3. The number of alkyl halides is 3. The van der Waals surface area contributed by atoms with Crippen LogP contribution in [0, 0.1) is 6.92 Å². The first-order valence-electron chi connectivity index (χ1n) is 11.1. The summed E-state index contributed by atoms with van der Waals surface area (Å²) in [5.74, 6) is 1.03. The van der Waals surface area contributed by atoms with Crippen LogP contribution in [0.15, 0.2) is 78.0 Å². The summed E-state index contributed by atoms with van der Waals surface area (Å²) >= 11 is 1.06. The fraction of sp³-hybridized carbons (Fsp3) is 0.192. The van der Waals surface area contributed by atoms with Crippen LogP contribution >= 0.6 is 11.8 Å². The number of nitrogens with one attached hydrogen (secondary N) is 1. The van der Waals surface area contributed by atoms with Gasteiger partial charge < -0.3 is 14.8 Å². The van der Waals surface area contributed by atoms with Crippen molar-refractivity contribution in [3.8, 4) is 17.2 Å². The maximum absolute atomic E-state index is 13.3. The molecule has 192 valence electrons. The van der Waals surface area contributed by atoms with Gasteiger partial charge in [-0.25, -0.2) is 0 Å². The lowest BCUT2D eigenvalue weighted by molar-refractivity contribution is -0.137. The summed E-state index contributed by atoms with van der Waals surface area (Å²) in [6.45, 7) is 2.06. The minimum Gasteiger partial charge on any atom is -0.497 e. The third-order valence-electron chi connectivity index (χ3n) is 5.26. The molecule has 0 saturated carbocycles. The van der Waals surface area contributed by atoms with E-state index in [0.717, 1.165) is 29.1 Å². The number of rotatable bonds is 9. The van der Waals surface area contributed by atoms with Gasteiger partial charge in [0.25, 0.3) is 0 Å². The molecule has 0 unspecified atom stereocenters. The van der Waals surface area contributed by atoms with Crippen LogP contribution < -0.4 is 14.8 Å². The van der Waals surface area contributed by atoms with E-state index in [2.05, 4.69) is 15.5 Å². The van der Waals surface area contributed by atoms with Crippen molar-refractivity contribution in [2.24, 2.45) is 0 Å². The van der Waals surface area contributed by atoms with Gasteiger partial charge in [-0.05, 0) is 55.5 Å². The summed E-state index contributed by atoms with van der Waals surface area (Å²) in [5.41, 5.74) is 0.613. The first kappa shape index (κ1) is 26.1. The van der Waals surface area contributed by atoms with Gasteiger partial charge in [0.2, 0.25) is 5.91 Å². The lowest BCUT2D eigenvalue weighted by Gasteiger charge is -2.14. The van der Waals surface area contributed by atoms with Gasteiger partial charge in [-0.3, -0.25) is 9.36 Å². The van der Waals surface area contributed by atoms with Crippen LogP contribution in [0.4, 0.5) is 18.9 Å². The van der Waals surface area contributed by atoms with Crippen LogP contribution in [0.25, 0.3) is 5.69 Å². The minimum absolute atomic E-state index is 0.0962. The first-order chi connectivity index (χ1) is 17.7. The van der Waals surface area contributed by atoms with Crippen molar-refractivity contribution in [2.75, 3.05) is 18.2 Å². The number of thioether (sulfide) groups is 1. The molecule has 1 aromatic heterocycles. The van der Waals surface area contributed by atoms with Gasteiger partial charge in [-0.2, -0.15) is 13.2 Å². The molecule has 0 aliphatic heterocycles. The van der Waals surface area contributed by atoms with Gasteiger partial charge in [0.15, 0.2) is 11.0 Å². The van der Waals surface area contributed by atoms with E-state index in [0.29, 0.717) is 22.5 Å². The van der Waals surface area contributed by atoms with Crippen molar-refractivity contribution < 1.29 is 27.4 Å². The number of carbonyl (C=O) groups is 1. The van der Waals surface area contributed by atoms with Crippen LogP contribution in [0.3, 0.4) is 0 Å². The fourth-order valence-corrected chi connectivity index (χ4v) is 4.19. The molecule has 1 amide bonds. The molecular formula is C26H23F3N4O3S. The molecule has 4 aromatic rings. The van der Waals surface area contributed by atoms with Gasteiger partial charge in [0, 0.05) is 5.69 Å². The fourth-order valence-electron chi connectivity index (χ4n) is 3.42. The molecular weight excluding hydrogens is 505 g/mol. The number of carbonyl (C=O) groups excluding carboxylic acids is 1. The third-order valence-corrected chi connectivity index (χ3v) is 6.19. The minimum atomic E-state index is -4.58. The molecule has 11 heteroatoms. The molecule has 37 heavy (non-hydrogen) atoms. The Morgan fingerprint density at radius 3 is 2.32 bits per heavy atom. The average Bonchev–Trinajstić information content (AvgIpc) is 3.29. The molecule has 0 aliphatic rings. The lowest BCUT2D eigenvalue weighted by Crippen LogP contribution is -2.18. The second-order valence-electron chi connectivity index (χ2n) is 7.91. The Balaban J connectivity index is 1.51. The molecule has 7 nitrogen and oxygen atoms in total. The van der Waals surface area contributed by atoms with Gasteiger partial charge in [-0.15, -0.1) is 10.2 Å².